The summed E-state index contributed by atoms with van der Waals surface area (Å²) in [6.07, 6.45) is 2.56. The van der Waals surface area contributed by atoms with Crippen LogP contribution in [0, 0.1) is 5.41 Å². The van der Waals surface area contributed by atoms with Gasteiger partial charge in [-0.15, -0.1) is 11.3 Å². The summed E-state index contributed by atoms with van der Waals surface area (Å²) in [7, 11) is 0. The largest absolute Gasteiger partial charge is 0.393 e. The maximum atomic E-state index is 9.52. The Balaban J connectivity index is 2.19. The molecule has 2 rings (SSSR count). The van der Waals surface area contributed by atoms with E-state index in [0.29, 0.717) is 5.92 Å². The molecule has 0 amide bonds. The monoisotopic (exact) mass is 183 g/mol. The van der Waals surface area contributed by atoms with Gasteiger partial charge in [0.15, 0.2) is 0 Å². The van der Waals surface area contributed by atoms with Gasteiger partial charge in [0.2, 0.25) is 0 Å². The molecule has 0 aromatic carbocycles. The van der Waals surface area contributed by atoms with Crippen molar-refractivity contribution >= 4 is 11.3 Å². The first-order chi connectivity index (χ1) is 5.62. The smallest absolute Gasteiger partial charge is 0.0963 e. The molecule has 1 aromatic heterocycles. The molecule has 0 spiro atoms. The van der Waals surface area contributed by atoms with Gasteiger partial charge in [-0.1, -0.05) is 13.8 Å². The topological polar surface area (TPSA) is 33.1 Å². The van der Waals surface area contributed by atoms with Crippen molar-refractivity contribution < 1.29 is 5.11 Å². The normalized spacial score (nSPS) is 32.9. The summed E-state index contributed by atoms with van der Waals surface area (Å²) < 4.78 is 0. The van der Waals surface area contributed by atoms with Crippen LogP contribution in [0.2, 0.25) is 0 Å². The molecule has 12 heavy (non-hydrogen) atoms. The number of hydrogen-bond acceptors (Lipinski definition) is 3. The van der Waals surface area contributed by atoms with E-state index in [1.54, 1.807) is 11.3 Å². The zero-order valence-corrected chi connectivity index (χ0v) is 8.14. The van der Waals surface area contributed by atoms with Crippen LogP contribution in [0.4, 0.5) is 0 Å². The van der Waals surface area contributed by atoms with Gasteiger partial charge in [0.05, 0.1) is 11.1 Å². The van der Waals surface area contributed by atoms with Crippen LogP contribution in [0.5, 0.6) is 0 Å². The fraction of sp³-hybridized carbons (Fsp3) is 0.667. The first kappa shape index (κ1) is 8.20. The second-order valence-corrected chi connectivity index (χ2v) is 4.92. The Kier molecular flexibility index (Phi) is 1.73. The van der Waals surface area contributed by atoms with Crippen LogP contribution in [0.25, 0.3) is 0 Å². The standard InChI is InChI=1S/C9H13NOS/c1-9(2)6(5-7(9)11)8-10-3-4-12-8/h3-4,6-7,11H,5H2,1-2H3. The summed E-state index contributed by atoms with van der Waals surface area (Å²) in [6, 6.07) is 0. The van der Waals surface area contributed by atoms with Gasteiger partial charge in [-0.2, -0.15) is 0 Å². The summed E-state index contributed by atoms with van der Waals surface area (Å²) in [4.78, 5) is 4.28. The van der Waals surface area contributed by atoms with Crippen molar-refractivity contribution in [1.29, 1.82) is 0 Å². The van der Waals surface area contributed by atoms with Crippen LogP contribution in [-0.2, 0) is 0 Å². The van der Waals surface area contributed by atoms with Crippen LogP contribution in [0.15, 0.2) is 11.6 Å². The van der Waals surface area contributed by atoms with Crippen molar-refractivity contribution in [3.05, 3.63) is 16.6 Å². The van der Waals surface area contributed by atoms with Gasteiger partial charge in [0.25, 0.3) is 0 Å². The highest BCUT2D eigenvalue weighted by molar-refractivity contribution is 7.09. The molecule has 1 aliphatic carbocycles. The molecule has 3 heteroatoms. The van der Waals surface area contributed by atoms with Gasteiger partial charge in [-0.05, 0) is 11.8 Å². The molecule has 0 saturated heterocycles. The molecular weight excluding hydrogens is 170 g/mol. The first-order valence-electron chi connectivity index (χ1n) is 4.20. The molecule has 1 aliphatic rings. The molecule has 1 fully saturated rings. The summed E-state index contributed by atoms with van der Waals surface area (Å²) in [6.45, 7) is 4.21. The van der Waals surface area contributed by atoms with Crippen LogP contribution in [0.3, 0.4) is 0 Å². The van der Waals surface area contributed by atoms with Crippen LogP contribution >= 0.6 is 11.3 Å². The molecular formula is C9H13NOS. The molecule has 1 heterocycles. The second kappa shape index (κ2) is 2.54. The van der Waals surface area contributed by atoms with Gasteiger partial charge < -0.3 is 5.11 Å². The Hall–Kier alpha value is -0.410. The van der Waals surface area contributed by atoms with Crippen LogP contribution < -0.4 is 0 Å². The fourth-order valence-corrected chi connectivity index (χ4v) is 2.68. The third-order valence-corrected chi connectivity index (χ3v) is 3.85. The molecule has 1 N–H and O–H groups in total. The molecule has 0 aliphatic heterocycles. The third-order valence-electron chi connectivity index (χ3n) is 2.97. The Morgan fingerprint density at radius 2 is 2.42 bits per heavy atom. The molecule has 1 saturated carbocycles. The summed E-state index contributed by atoms with van der Waals surface area (Å²) in [5, 5.41) is 12.7. The highest BCUT2D eigenvalue weighted by Gasteiger charge is 2.48. The van der Waals surface area contributed by atoms with Crippen molar-refractivity contribution in [2.75, 3.05) is 0 Å². The maximum Gasteiger partial charge on any atom is 0.0963 e. The lowest BCUT2D eigenvalue weighted by Crippen LogP contribution is -2.47. The molecule has 2 nitrogen and oxygen atoms in total. The highest BCUT2D eigenvalue weighted by Crippen LogP contribution is 2.52. The maximum absolute atomic E-state index is 9.52. The lowest BCUT2D eigenvalue weighted by molar-refractivity contribution is -0.0625. The minimum atomic E-state index is -0.147. The number of thiazole rings is 1. The third kappa shape index (κ3) is 1.00. The average Bonchev–Trinajstić information content (AvgIpc) is 2.51. The van der Waals surface area contributed by atoms with Gasteiger partial charge >= 0.3 is 0 Å². The number of aromatic nitrogens is 1. The van der Waals surface area contributed by atoms with Crippen molar-refractivity contribution in [3.63, 3.8) is 0 Å². The predicted molar refractivity (Wildman–Crippen MR) is 49.3 cm³/mol. The quantitative estimate of drug-likeness (QED) is 0.722. The van der Waals surface area contributed by atoms with E-state index >= 15 is 0 Å². The molecule has 0 radical (unpaired) electrons. The molecule has 0 bridgehead atoms. The number of hydrogen-bond donors (Lipinski definition) is 1. The lowest BCUT2D eigenvalue weighted by Gasteiger charge is -2.48. The van der Waals surface area contributed by atoms with E-state index in [2.05, 4.69) is 18.8 Å². The van der Waals surface area contributed by atoms with E-state index in [4.69, 9.17) is 0 Å². The van der Waals surface area contributed by atoms with Crippen LogP contribution in [-0.4, -0.2) is 16.2 Å². The number of aliphatic hydroxyl groups is 1. The van der Waals surface area contributed by atoms with Gasteiger partial charge in [-0.25, -0.2) is 4.98 Å². The van der Waals surface area contributed by atoms with Gasteiger partial charge in [0, 0.05) is 17.5 Å². The SMILES string of the molecule is CC1(C)C(O)CC1c1nccs1. The zero-order valence-electron chi connectivity index (χ0n) is 7.32. The molecule has 2 unspecified atom stereocenters. The van der Waals surface area contributed by atoms with Gasteiger partial charge in [-0.3, -0.25) is 0 Å². The Labute approximate surface area is 76.3 Å². The average molecular weight is 183 g/mol. The van der Waals surface area contributed by atoms with Crippen LogP contribution in [0.1, 0.15) is 31.2 Å². The van der Waals surface area contributed by atoms with Crippen molar-refractivity contribution in [3.8, 4) is 0 Å². The lowest BCUT2D eigenvalue weighted by atomic mass is 9.60. The molecule has 2 atom stereocenters. The van der Waals surface area contributed by atoms with E-state index in [0.717, 1.165) is 6.42 Å². The Morgan fingerprint density at radius 1 is 1.67 bits per heavy atom. The van der Waals surface area contributed by atoms with Gasteiger partial charge in [0.1, 0.15) is 0 Å². The minimum Gasteiger partial charge on any atom is -0.393 e. The predicted octanol–water partition coefficient (Wildman–Crippen LogP) is 2.02. The van der Waals surface area contributed by atoms with E-state index < -0.39 is 0 Å². The number of aliphatic hydroxyl groups excluding tert-OH is 1. The Bertz CT molecular complexity index is 268. The van der Waals surface area contributed by atoms with Crippen molar-refractivity contribution in [1.82, 2.24) is 4.98 Å². The molecule has 1 aromatic rings. The molecule has 66 valence electrons. The number of nitrogens with zero attached hydrogens (tertiary/aromatic N) is 1. The zero-order chi connectivity index (χ0) is 8.77. The Morgan fingerprint density at radius 3 is 2.83 bits per heavy atom. The van der Waals surface area contributed by atoms with E-state index in [1.165, 1.54) is 5.01 Å². The number of rotatable bonds is 1. The fourth-order valence-electron chi connectivity index (χ4n) is 1.73. The second-order valence-electron chi connectivity index (χ2n) is 4.00. The first-order valence-corrected chi connectivity index (χ1v) is 5.08. The van der Waals surface area contributed by atoms with E-state index in [1.807, 2.05) is 11.6 Å². The van der Waals surface area contributed by atoms with Crippen molar-refractivity contribution in [2.45, 2.75) is 32.3 Å². The summed E-state index contributed by atoms with van der Waals surface area (Å²) >= 11 is 1.69. The van der Waals surface area contributed by atoms with Crippen molar-refractivity contribution in [2.24, 2.45) is 5.41 Å². The van der Waals surface area contributed by atoms with E-state index in [-0.39, 0.29) is 11.5 Å². The summed E-state index contributed by atoms with van der Waals surface area (Å²) in [5.41, 5.74) is 0.0256. The highest BCUT2D eigenvalue weighted by atomic mass is 32.1. The summed E-state index contributed by atoms with van der Waals surface area (Å²) in [5.74, 6) is 0.465. The van der Waals surface area contributed by atoms with E-state index in [9.17, 15) is 5.11 Å². The minimum absolute atomic E-state index is 0.0256.